The van der Waals surface area contributed by atoms with Crippen molar-refractivity contribution in [2.75, 3.05) is 0 Å². The summed E-state index contributed by atoms with van der Waals surface area (Å²) < 4.78 is 4.73. The van der Waals surface area contributed by atoms with Crippen LogP contribution in [0.2, 0.25) is 0 Å². The Labute approximate surface area is 107 Å². The van der Waals surface area contributed by atoms with E-state index in [1.807, 2.05) is 6.92 Å². The van der Waals surface area contributed by atoms with Crippen molar-refractivity contribution in [2.45, 2.75) is 18.7 Å². The third-order valence-electron chi connectivity index (χ3n) is 2.26. The van der Waals surface area contributed by atoms with E-state index in [2.05, 4.69) is 15.8 Å². The average molecular weight is 269 g/mol. The van der Waals surface area contributed by atoms with Crippen molar-refractivity contribution in [2.24, 2.45) is 5.10 Å². The van der Waals surface area contributed by atoms with Crippen LogP contribution in [0.3, 0.4) is 0 Å². The van der Waals surface area contributed by atoms with E-state index in [0.717, 1.165) is 12.7 Å². The van der Waals surface area contributed by atoms with E-state index in [1.54, 1.807) is 0 Å². The number of carbonyl (C=O) groups is 2. The number of carbonyl (C=O) groups excluding carboxylic acids is 1. The molecule has 1 aromatic heterocycles. The molecule has 1 unspecified atom stereocenters. The summed E-state index contributed by atoms with van der Waals surface area (Å²) in [6.45, 7) is 1.99. The Balaban J connectivity index is 2.05. The Morgan fingerprint density at radius 2 is 2.44 bits per heavy atom. The number of nitrogens with zero attached hydrogens (tertiary/aromatic N) is 1. The number of hydrazone groups is 1. The third-order valence-corrected chi connectivity index (χ3v) is 3.40. The number of amidine groups is 1. The molecule has 18 heavy (non-hydrogen) atoms. The number of thioether (sulfide) groups is 1. The van der Waals surface area contributed by atoms with Gasteiger partial charge < -0.3 is 9.52 Å². The van der Waals surface area contributed by atoms with Gasteiger partial charge in [-0.2, -0.15) is 5.10 Å². The Hall–Kier alpha value is -1.96. The largest absolute Gasteiger partial charge is 0.475 e. The Morgan fingerprint density at radius 1 is 1.67 bits per heavy atom. The topological polar surface area (TPSA) is 104 Å². The molecule has 7 nitrogen and oxygen atoms in total. The molecule has 0 fully saturated rings. The predicted molar refractivity (Wildman–Crippen MR) is 65.4 cm³/mol. The number of aromatic carboxylic acids is 1. The molecule has 1 atom stereocenters. The SMILES string of the molecule is CCC1NN=C(NC(=O)c2ccoc2C(=O)O)S1. The summed E-state index contributed by atoms with van der Waals surface area (Å²) in [7, 11) is 0. The van der Waals surface area contributed by atoms with Gasteiger partial charge in [0.2, 0.25) is 5.76 Å². The summed E-state index contributed by atoms with van der Waals surface area (Å²) in [4.78, 5) is 22.6. The minimum Gasteiger partial charge on any atom is -0.475 e. The first-order chi connectivity index (χ1) is 8.61. The molecule has 1 aliphatic heterocycles. The van der Waals surface area contributed by atoms with Crippen molar-refractivity contribution in [3.8, 4) is 0 Å². The fourth-order valence-electron chi connectivity index (χ4n) is 1.37. The lowest BCUT2D eigenvalue weighted by atomic mass is 10.2. The van der Waals surface area contributed by atoms with Crippen LogP contribution >= 0.6 is 11.8 Å². The van der Waals surface area contributed by atoms with E-state index in [1.165, 1.54) is 17.8 Å². The number of furan rings is 1. The normalized spacial score (nSPS) is 18.1. The molecule has 0 aliphatic carbocycles. The summed E-state index contributed by atoms with van der Waals surface area (Å²) in [6, 6.07) is 1.31. The van der Waals surface area contributed by atoms with Crippen molar-refractivity contribution in [1.82, 2.24) is 10.7 Å². The van der Waals surface area contributed by atoms with Gasteiger partial charge in [-0.3, -0.25) is 15.5 Å². The molecule has 1 aliphatic rings. The van der Waals surface area contributed by atoms with Crippen molar-refractivity contribution in [3.05, 3.63) is 23.7 Å². The fraction of sp³-hybridized carbons (Fsp3) is 0.300. The second-order valence-electron chi connectivity index (χ2n) is 3.48. The quantitative estimate of drug-likeness (QED) is 0.757. The van der Waals surface area contributed by atoms with Gasteiger partial charge in [-0.1, -0.05) is 18.7 Å². The highest BCUT2D eigenvalue weighted by Crippen LogP contribution is 2.18. The molecule has 3 N–H and O–H groups in total. The minimum atomic E-state index is -1.28. The molecule has 0 spiro atoms. The molecule has 0 saturated heterocycles. The monoisotopic (exact) mass is 269 g/mol. The Kier molecular flexibility index (Phi) is 3.56. The number of nitrogens with one attached hydrogen (secondary N) is 2. The van der Waals surface area contributed by atoms with Crippen LogP contribution in [-0.2, 0) is 0 Å². The smallest absolute Gasteiger partial charge is 0.372 e. The summed E-state index contributed by atoms with van der Waals surface area (Å²) in [5.74, 6) is -2.21. The van der Waals surface area contributed by atoms with Crippen LogP contribution in [0.4, 0.5) is 0 Å². The maximum atomic E-state index is 11.8. The molecule has 0 aromatic carbocycles. The van der Waals surface area contributed by atoms with E-state index in [4.69, 9.17) is 9.52 Å². The van der Waals surface area contributed by atoms with Crippen LogP contribution in [-0.4, -0.2) is 27.5 Å². The van der Waals surface area contributed by atoms with Crippen molar-refractivity contribution < 1.29 is 19.1 Å². The number of hydrogen-bond acceptors (Lipinski definition) is 6. The zero-order valence-electron chi connectivity index (χ0n) is 9.47. The van der Waals surface area contributed by atoms with Crippen molar-refractivity contribution in [1.29, 1.82) is 0 Å². The van der Waals surface area contributed by atoms with Gasteiger partial charge in [0.1, 0.15) is 0 Å². The lowest BCUT2D eigenvalue weighted by Gasteiger charge is -2.04. The highest BCUT2D eigenvalue weighted by atomic mass is 32.2. The summed E-state index contributed by atoms with van der Waals surface area (Å²) in [5.41, 5.74) is 2.82. The fourth-order valence-corrected chi connectivity index (χ4v) is 2.17. The lowest BCUT2D eigenvalue weighted by Crippen LogP contribution is -2.28. The van der Waals surface area contributed by atoms with Crippen LogP contribution in [0.5, 0.6) is 0 Å². The van der Waals surface area contributed by atoms with Crippen LogP contribution in [0.15, 0.2) is 21.8 Å². The van der Waals surface area contributed by atoms with Crippen LogP contribution in [0.1, 0.15) is 34.3 Å². The van der Waals surface area contributed by atoms with Gasteiger partial charge in [0.05, 0.1) is 17.2 Å². The standard InChI is InChI=1S/C10H11N3O4S/c1-2-6-12-13-10(18-6)11-8(14)5-3-4-17-7(5)9(15)16/h3-4,6,12H,2H2,1H3,(H,15,16)(H,11,13,14). The molecule has 0 bridgehead atoms. The molecular formula is C10H11N3O4S. The van der Waals surface area contributed by atoms with Gasteiger partial charge >= 0.3 is 5.97 Å². The van der Waals surface area contributed by atoms with Crippen LogP contribution < -0.4 is 10.7 Å². The number of rotatable bonds is 3. The average Bonchev–Trinajstić information content (AvgIpc) is 2.96. The first-order valence-electron chi connectivity index (χ1n) is 5.23. The van der Waals surface area contributed by atoms with Gasteiger partial charge in [-0.05, 0) is 12.5 Å². The number of carboxylic acids is 1. The number of hydrogen-bond donors (Lipinski definition) is 3. The van der Waals surface area contributed by atoms with Crippen molar-refractivity contribution in [3.63, 3.8) is 0 Å². The number of amides is 1. The predicted octanol–water partition coefficient (Wildman–Crippen LogP) is 1.05. The first kappa shape index (κ1) is 12.5. The zero-order chi connectivity index (χ0) is 13.1. The Bertz CT molecular complexity index is 511. The van der Waals surface area contributed by atoms with Crippen molar-refractivity contribution >= 4 is 28.8 Å². The van der Waals surface area contributed by atoms with E-state index >= 15 is 0 Å². The van der Waals surface area contributed by atoms with Gasteiger partial charge in [0.25, 0.3) is 5.91 Å². The van der Waals surface area contributed by atoms with Gasteiger partial charge in [-0.25, -0.2) is 4.79 Å². The highest BCUT2D eigenvalue weighted by Gasteiger charge is 2.24. The molecule has 2 rings (SSSR count). The van der Waals surface area contributed by atoms with Gasteiger partial charge in [0, 0.05) is 0 Å². The summed E-state index contributed by atoms with van der Waals surface area (Å²) in [6.07, 6.45) is 2.02. The second kappa shape index (κ2) is 5.13. The molecule has 96 valence electrons. The van der Waals surface area contributed by atoms with Gasteiger partial charge in [0.15, 0.2) is 5.17 Å². The molecule has 1 aromatic rings. The van der Waals surface area contributed by atoms with Crippen LogP contribution in [0, 0.1) is 0 Å². The Morgan fingerprint density at radius 3 is 3.06 bits per heavy atom. The van der Waals surface area contributed by atoms with Gasteiger partial charge in [-0.15, -0.1) is 0 Å². The number of carboxylic acid groups (broad SMARTS) is 1. The van der Waals surface area contributed by atoms with E-state index in [0.29, 0.717) is 5.17 Å². The maximum absolute atomic E-state index is 11.8. The van der Waals surface area contributed by atoms with E-state index in [-0.39, 0.29) is 16.7 Å². The van der Waals surface area contributed by atoms with E-state index < -0.39 is 11.9 Å². The molecule has 2 heterocycles. The highest BCUT2D eigenvalue weighted by molar-refractivity contribution is 8.14. The van der Waals surface area contributed by atoms with E-state index in [9.17, 15) is 9.59 Å². The zero-order valence-corrected chi connectivity index (χ0v) is 10.3. The molecule has 8 heteroatoms. The maximum Gasteiger partial charge on any atom is 0.372 e. The minimum absolute atomic E-state index is 0.0225. The molecule has 1 amide bonds. The first-order valence-corrected chi connectivity index (χ1v) is 6.11. The molecule has 0 radical (unpaired) electrons. The second-order valence-corrected chi connectivity index (χ2v) is 4.67. The molecule has 0 saturated carbocycles. The third kappa shape index (κ3) is 2.48. The molecular weight excluding hydrogens is 258 g/mol. The summed E-state index contributed by atoms with van der Waals surface area (Å²) >= 11 is 1.38. The van der Waals surface area contributed by atoms with Crippen LogP contribution in [0.25, 0.3) is 0 Å². The summed E-state index contributed by atoms with van der Waals surface area (Å²) in [5, 5.41) is 15.8. The lowest BCUT2D eigenvalue weighted by molar-refractivity contribution is 0.0656.